The molecular formula is C14H28N2O4. The Morgan fingerprint density at radius 1 is 1.20 bits per heavy atom. The van der Waals surface area contributed by atoms with E-state index in [4.69, 9.17) is 9.84 Å². The molecule has 0 spiro atoms. The van der Waals surface area contributed by atoms with E-state index in [1.807, 2.05) is 0 Å². The Bertz CT molecular complexity index is 306. The fourth-order valence-corrected chi connectivity index (χ4v) is 1.72. The number of carbonyl (C=O) groups excluding carboxylic acids is 1. The van der Waals surface area contributed by atoms with Crippen LogP contribution in [0.5, 0.6) is 0 Å². The van der Waals surface area contributed by atoms with Crippen LogP contribution >= 0.6 is 0 Å². The Balaban J connectivity index is 4.03. The summed E-state index contributed by atoms with van der Waals surface area (Å²) >= 11 is 0. The molecule has 20 heavy (non-hydrogen) atoms. The number of likely N-dealkylation sites (N-methyl/N-ethyl adjacent to an activating group) is 1. The normalized spacial score (nSPS) is 11.2. The van der Waals surface area contributed by atoms with E-state index in [0.717, 1.165) is 25.9 Å². The zero-order valence-electron chi connectivity index (χ0n) is 13.1. The number of hydrogen-bond donors (Lipinski definition) is 2. The Hall–Kier alpha value is -1.30. The first kappa shape index (κ1) is 18.7. The summed E-state index contributed by atoms with van der Waals surface area (Å²) in [6.07, 6.45) is 2.87. The van der Waals surface area contributed by atoms with Gasteiger partial charge in [-0.25, -0.2) is 9.59 Å². The minimum Gasteiger partial charge on any atom is -0.480 e. The van der Waals surface area contributed by atoms with E-state index in [2.05, 4.69) is 12.2 Å². The van der Waals surface area contributed by atoms with E-state index >= 15 is 0 Å². The van der Waals surface area contributed by atoms with E-state index in [0.29, 0.717) is 19.7 Å². The molecule has 0 aromatic heterocycles. The topological polar surface area (TPSA) is 78.9 Å². The van der Waals surface area contributed by atoms with Gasteiger partial charge >= 0.3 is 12.0 Å². The van der Waals surface area contributed by atoms with Crippen molar-refractivity contribution in [2.24, 2.45) is 0 Å². The van der Waals surface area contributed by atoms with Crippen LogP contribution in [-0.4, -0.2) is 53.8 Å². The van der Waals surface area contributed by atoms with E-state index in [1.54, 1.807) is 6.92 Å². The molecule has 0 heterocycles. The molecule has 0 radical (unpaired) electrons. The summed E-state index contributed by atoms with van der Waals surface area (Å²) in [6, 6.07) is -0.353. The summed E-state index contributed by atoms with van der Waals surface area (Å²) in [5, 5.41) is 11.9. The first-order valence-corrected chi connectivity index (χ1v) is 7.24. The minimum atomic E-state index is -1.21. The zero-order valence-corrected chi connectivity index (χ0v) is 13.1. The second-order valence-electron chi connectivity index (χ2n) is 5.16. The maximum absolute atomic E-state index is 12.0. The molecule has 2 N–H and O–H groups in total. The SMILES string of the molecule is CCCCOCCCNC(=O)N(CC)C(C)(C)C(=O)O. The molecule has 0 aromatic rings. The molecule has 0 saturated heterocycles. The molecule has 6 heteroatoms. The van der Waals surface area contributed by atoms with Crippen LogP contribution in [0.1, 0.15) is 47.0 Å². The van der Waals surface area contributed by atoms with Gasteiger partial charge in [-0.1, -0.05) is 13.3 Å². The molecule has 0 aliphatic rings. The number of urea groups is 1. The van der Waals surface area contributed by atoms with Crippen molar-refractivity contribution < 1.29 is 19.4 Å². The average molecular weight is 288 g/mol. The molecule has 118 valence electrons. The summed E-state index contributed by atoms with van der Waals surface area (Å²) in [7, 11) is 0. The van der Waals surface area contributed by atoms with E-state index < -0.39 is 11.5 Å². The Labute approximate surface area is 121 Å². The predicted octanol–water partition coefficient (Wildman–Crippen LogP) is 2.09. The van der Waals surface area contributed by atoms with Crippen LogP contribution in [0.2, 0.25) is 0 Å². The highest BCUT2D eigenvalue weighted by molar-refractivity contribution is 5.85. The monoisotopic (exact) mass is 288 g/mol. The third kappa shape index (κ3) is 6.23. The van der Waals surface area contributed by atoms with Gasteiger partial charge in [0.15, 0.2) is 0 Å². The Morgan fingerprint density at radius 2 is 1.80 bits per heavy atom. The third-order valence-corrected chi connectivity index (χ3v) is 3.14. The van der Waals surface area contributed by atoms with Gasteiger partial charge in [-0.2, -0.15) is 0 Å². The van der Waals surface area contributed by atoms with Crippen molar-refractivity contribution >= 4 is 12.0 Å². The third-order valence-electron chi connectivity index (χ3n) is 3.14. The molecule has 0 unspecified atom stereocenters. The number of nitrogens with zero attached hydrogens (tertiary/aromatic N) is 1. The van der Waals surface area contributed by atoms with Crippen molar-refractivity contribution in [3.63, 3.8) is 0 Å². The lowest BCUT2D eigenvalue weighted by atomic mass is 10.0. The number of aliphatic carboxylic acids is 1. The van der Waals surface area contributed by atoms with Crippen LogP contribution in [0.15, 0.2) is 0 Å². The van der Waals surface area contributed by atoms with Gasteiger partial charge in [0.05, 0.1) is 0 Å². The zero-order chi connectivity index (χ0) is 15.6. The lowest BCUT2D eigenvalue weighted by molar-refractivity contribution is -0.147. The standard InChI is InChI=1S/C14H28N2O4/c1-5-7-10-20-11-8-9-15-13(19)16(6-2)14(3,4)12(17)18/h5-11H2,1-4H3,(H,15,19)(H,17,18). The number of hydrogen-bond acceptors (Lipinski definition) is 3. The van der Waals surface area contributed by atoms with Crippen LogP contribution in [0.4, 0.5) is 4.79 Å². The molecule has 0 fully saturated rings. The van der Waals surface area contributed by atoms with Crippen LogP contribution in [0.25, 0.3) is 0 Å². The smallest absolute Gasteiger partial charge is 0.329 e. The van der Waals surface area contributed by atoms with E-state index in [9.17, 15) is 9.59 Å². The average Bonchev–Trinajstić information content (AvgIpc) is 2.38. The van der Waals surface area contributed by atoms with Crippen LogP contribution < -0.4 is 5.32 Å². The number of amides is 2. The molecular weight excluding hydrogens is 260 g/mol. The van der Waals surface area contributed by atoms with Gasteiger partial charge in [0.25, 0.3) is 0 Å². The van der Waals surface area contributed by atoms with Crippen molar-refractivity contribution in [3.05, 3.63) is 0 Å². The van der Waals surface area contributed by atoms with Crippen LogP contribution in [-0.2, 0) is 9.53 Å². The van der Waals surface area contributed by atoms with E-state index in [1.165, 1.54) is 18.7 Å². The second kappa shape index (κ2) is 9.58. The van der Waals surface area contributed by atoms with Gasteiger partial charge in [0, 0.05) is 26.3 Å². The number of carboxylic acids is 1. The quantitative estimate of drug-likeness (QED) is 0.603. The number of carboxylic acid groups (broad SMARTS) is 1. The summed E-state index contributed by atoms with van der Waals surface area (Å²) in [5.74, 6) is -1.02. The molecule has 0 aliphatic heterocycles. The van der Waals surface area contributed by atoms with Gasteiger partial charge in [-0.3, -0.25) is 0 Å². The van der Waals surface area contributed by atoms with Crippen molar-refractivity contribution in [2.45, 2.75) is 52.5 Å². The van der Waals surface area contributed by atoms with Crippen molar-refractivity contribution in [2.75, 3.05) is 26.3 Å². The van der Waals surface area contributed by atoms with Crippen molar-refractivity contribution in [1.29, 1.82) is 0 Å². The number of carbonyl (C=O) groups is 2. The second-order valence-corrected chi connectivity index (χ2v) is 5.16. The first-order valence-electron chi connectivity index (χ1n) is 7.24. The maximum Gasteiger partial charge on any atom is 0.329 e. The van der Waals surface area contributed by atoms with Gasteiger partial charge in [0.2, 0.25) is 0 Å². The number of nitrogens with one attached hydrogen (secondary N) is 1. The summed E-state index contributed by atoms with van der Waals surface area (Å²) < 4.78 is 5.39. The van der Waals surface area contributed by atoms with Gasteiger partial charge < -0.3 is 20.1 Å². The molecule has 0 atom stereocenters. The minimum absolute atomic E-state index is 0.345. The summed E-state index contributed by atoms with van der Waals surface area (Å²) in [4.78, 5) is 24.4. The maximum atomic E-state index is 12.0. The van der Waals surface area contributed by atoms with E-state index in [-0.39, 0.29) is 6.03 Å². The first-order chi connectivity index (χ1) is 9.37. The predicted molar refractivity (Wildman–Crippen MR) is 77.8 cm³/mol. The largest absolute Gasteiger partial charge is 0.480 e. The van der Waals surface area contributed by atoms with Crippen molar-refractivity contribution in [3.8, 4) is 0 Å². The fourth-order valence-electron chi connectivity index (χ4n) is 1.72. The van der Waals surface area contributed by atoms with Gasteiger partial charge in [-0.05, 0) is 33.6 Å². The van der Waals surface area contributed by atoms with Gasteiger partial charge in [-0.15, -0.1) is 0 Å². The summed E-state index contributed by atoms with van der Waals surface area (Å²) in [6.45, 7) is 9.09. The lowest BCUT2D eigenvalue weighted by Crippen LogP contribution is -2.56. The molecule has 6 nitrogen and oxygen atoms in total. The molecule has 0 bridgehead atoms. The highest BCUT2D eigenvalue weighted by atomic mass is 16.5. The molecule has 0 aliphatic carbocycles. The lowest BCUT2D eigenvalue weighted by Gasteiger charge is -2.34. The highest BCUT2D eigenvalue weighted by Gasteiger charge is 2.36. The van der Waals surface area contributed by atoms with Gasteiger partial charge in [0.1, 0.15) is 5.54 Å². The fraction of sp³-hybridized carbons (Fsp3) is 0.857. The summed E-state index contributed by atoms with van der Waals surface area (Å²) in [5.41, 5.74) is -1.21. The number of ether oxygens (including phenoxy) is 1. The van der Waals surface area contributed by atoms with Crippen molar-refractivity contribution in [1.82, 2.24) is 10.2 Å². The molecule has 0 aromatic carbocycles. The molecule has 2 amide bonds. The van der Waals surface area contributed by atoms with Crippen LogP contribution in [0, 0.1) is 0 Å². The number of unbranched alkanes of at least 4 members (excludes halogenated alkanes) is 1. The number of rotatable bonds is 10. The molecule has 0 rings (SSSR count). The molecule has 0 saturated carbocycles. The van der Waals surface area contributed by atoms with Crippen LogP contribution in [0.3, 0.4) is 0 Å². The Kier molecular flexibility index (Phi) is 8.96. The Morgan fingerprint density at radius 3 is 2.30 bits per heavy atom. The highest BCUT2D eigenvalue weighted by Crippen LogP contribution is 2.14.